The van der Waals surface area contributed by atoms with E-state index in [1.54, 1.807) is 6.26 Å². The molecule has 3 nitrogen and oxygen atoms in total. The molecule has 4 heteroatoms. The molecule has 0 amide bonds. The van der Waals surface area contributed by atoms with Crippen LogP contribution in [0.5, 0.6) is 5.75 Å². The average Bonchev–Trinajstić information content (AvgIpc) is 2.78. The van der Waals surface area contributed by atoms with E-state index in [1.165, 1.54) is 0 Å². The second-order valence-corrected chi connectivity index (χ2v) is 5.01. The van der Waals surface area contributed by atoms with Gasteiger partial charge in [0.15, 0.2) is 0 Å². The zero-order chi connectivity index (χ0) is 13.0. The number of rotatable bonds is 5. The smallest absolute Gasteiger partial charge is 0.146 e. The minimum atomic E-state index is 0.446. The first-order chi connectivity index (χ1) is 8.70. The molecule has 0 saturated carbocycles. The third-order valence-electron chi connectivity index (χ3n) is 2.71. The predicted molar refractivity (Wildman–Crippen MR) is 74.7 cm³/mol. The summed E-state index contributed by atoms with van der Waals surface area (Å²) in [6.45, 7) is 3.26. The molecule has 0 spiro atoms. The summed E-state index contributed by atoms with van der Waals surface area (Å²) < 4.78 is 12.2. The lowest BCUT2D eigenvalue weighted by Crippen LogP contribution is -2.07. The van der Waals surface area contributed by atoms with Crippen LogP contribution in [0.2, 0.25) is 0 Å². The zero-order valence-corrected chi connectivity index (χ0v) is 12.1. The molecule has 1 N–H and O–H groups in total. The maximum absolute atomic E-state index is 5.80. The number of nitrogens with one attached hydrogen (secondary N) is 1. The van der Waals surface area contributed by atoms with Gasteiger partial charge in [-0.25, -0.2) is 0 Å². The van der Waals surface area contributed by atoms with Crippen molar-refractivity contribution in [3.63, 3.8) is 0 Å². The Labute approximate surface area is 115 Å². The summed E-state index contributed by atoms with van der Waals surface area (Å²) in [4.78, 5) is 0. The van der Waals surface area contributed by atoms with Crippen molar-refractivity contribution in [1.82, 2.24) is 5.32 Å². The van der Waals surface area contributed by atoms with Gasteiger partial charge in [-0.15, -0.1) is 0 Å². The first-order valence-corrected chi connectivity index (χ1v) is 6.59. The van der Waals surface area contributed by atoms with E-state index in [2.05, 4.69) is 21.2 Å². The molecule has 0 saturated heterocycles. The summed E-state index contributed by atoms with van der Waals surface area (Å²) in [5, 5.41) is 3.11. The highest BCUT2D eigenvalue weighted by molar-refractivity contribution is 9.10. The molecule has 96 valence electrons. The molecule has 0 aliphatic heterocycles. The van der Waals surface area contributed by atoms with E-state index in [1.807, 2.05) is 38.2 Å². The number of hydrogen-bond acceptors (Lipinski definition) is 3. The van der Waals surface area contributed by atoms with E-state index >= 15 is 0 Å². The van der Waals surface area contributed by atoms with Gasteiger partial charge in [0.25, 0.3) is 0 Å². The summed E-state index contributed by atoms with van der Waals surface area (Å²) in [7, 11) is 1.91. The second kappa shape index (κ2) is 6.07. The van der Waals surface area contributed by atoms with E-state index in [4.69, 9.17) is 9.15 Å². The maximum atomic E-state index is 5.80. The van der Waals surface area contributed by atoms with Crippen LogP contribution in [0.15, 0.2) is 39.4 Å². The first kappa shape index (κ1) is 13.2. The van der Waals surface area contributed by atoms with Gasteiger partial charge in [-0.2, -0.15) is 0 Å². The molecule has 0 unspecified atom stereocenters. The van der Waals surface area contributed by atoms with Gasteiger partial charge in [0.05, 0.1) is 6.26 Å². The van der Waals surface area contributed by atoms with Gasteiger partial charge >= 0.3 is 0 Å². The third kappa shape index (κ3) is 3.15. The van der Waals surface area contributed by atoms with Crippen LogP contribution in [0.4, 0.5) is 0 Å². The zero-order valence-electron chi connectivity index (χ0n) is 10.5. The molecule has 0 bridgehead atoms. The van der Waals surface area contributed by atoms with Crippen LogP contribution in [0.1, 0.15) is 16.9 Å². The van der Waals surface area contributed by atoms with E-state index in [9.17, 15) is 0 Å². The lowest BCUT2D eigenvalue weighted by molar-refractivity contribution is 0.266. The van der Waals surface area contributed by atoms with Gasteiger partial charge in [-0.05, 0) is 37.7 Å². The van der Waals surface area contributed by atoms with Gasteiger partial charge in [-0.1, -0.05) is 22.0 Å². The van der Waals surface area contributed by atoms with Crippen molar-refractivity contribution in [2.24, 2.45) is 0 Å². The van der Waals surface area contributed by atoms with Crippen molar-refractivity contribution >= 4 is 15.9 Å². The molecule has 0 fully saturated rings. The van der Waals surface area contributed by atoms with Crippen LogP contribution >= 0.6 is 15.9 Å². The maximum Gasteiger partial charge on any atom is 0.146 e. The molecule has 0 aliphatic carbocycles. The summed E-state index contributed by atoms with van der Waals surface area (Å²) >= 11 is 3.44. The average molecular weight is 310 g/mol. The van der Waals surface area contributed by atoms with Crippen molar-refractivity contribution in [1.29, 1.82) is 0 Å². The highest BCUT2D eigenvalue weighted by Crippen LogP contribution is 2.24. The van der Waals surface area contributed by atoms with E-state index in [0.29, 0.717) is 6.61 Å². The van der Waals surface area contributed by atoms with Crippen LogP contribution in [0, 0.1) is 6.92 Å². The lowest BCUT2D eigenvalue weighted by atomic mass is 10.2. The summed E-state index contributed by atoms with van der Waals surface area (Å²) in [6, 6.07) is 7.95. The van der Waals surface area contributed by atoms with E-state index < -0.39 is 0 Å². The molecule has 1 aromatic carbocycles. The SMILES string of the molecule is CNCc1ccoc1COc1cc(Br)ccc1C. The quantitative estimate of drug-likeness (QED) is 0.915. The van der Waals surface area contributed by atoms with Gasteiger partial charge in [0.2, 0.25) is 0 Å². The van der Waals surface area contributed by atoms with Crippen molar-refractivity contribution in [3.05, 3.63) is 51.9 Å². The molecule has 2 rings (SSSR count). The predicted octanol–water partition coefficient (Wildman–Crippen LogP) is 3.65. The Morgan fingerprint density at radius 1 is 1.33 bits per heavy atom. The first-order valence-electron chi connectivity index (χ1n) is 5.79. The molecule has 0 radical (unpaired) electrons. The fraction of sp³-hybridized carbons (Fsp3) is 0.286. The molecule has 2 aromatic rings. The Balaban J connectivity index is 2.06. The van der Waals surface area contributed by atoms with Gasteiger partial charge in [0.1, 0.15) is 18.1 Å². The van der Waals surface area contributed by atoms with Crippen molar-refractivity contribution < 1.29 is 9.15 Å². The van der Waals surface area contributed by atoms with Crippen LogP contribution in [0.25, 0.3) is 0 Å². The number of furan rings is 1. The van der Waals surface area contributed by atoms with E-state index in [-0.39, 0.29) is 0 Å². The Kier molecular flexibility index (Phi) is 4.44. The lowest BCUT2D eigenvalue weighted by Gasteiger charge is -2.09. The topological polar surface area (TPSA) is 34.4 Å². The monoisotopic (exact) mass is 309 g/mol. The minimum absolute atomic E-state index is 0.446. The normalized spacial score (nSPS) is 10.6. The molecule has 0 aliphatic rings. The van der Waals surface area contributed by atoms with Crippen molar-refractivity contribution in [3.8, 4) is 5.75 Å². The second-order valence-electron chi connectivity index (χ2n) is 4.10. The minimum Gasteiger partial charge on any atom is -0.485 e. The third-order valence-corrected chi connectivity index (χ3v) is 3.21. The Hall–Kier alpha value is -1.26. The summed E-state index contributed by atoms with van der Waals surface area (Å²) in [5.41, 5.74) is 2.24. The number of ether oxygens (including phenoxy) is 1. The van der Waals surface area contributed by atoms with Crippen molar-refractivity contribution in [2.75, 3.05) is 7.05 Å². The number of hydrogen-bond donors (Lipinski definition) is 1. The fourth-order valence-electron chi connectivity index (χ4n) is 1.71. The highest BCUT2D eigenvalue weighted by Gasteiger charge is 2.07. The molecular weight excluding hydrogens is 294 g/mol. The highest BCUT2D eigenvalue weighted by atomic mass is 79.9. The van der Waals surface area contributed by atoms with Crippen LogP contribution in [-0.2, 0) is 13.2 Å². The van der Waals surface area contributed by atoms with Crippen LogP contribution < -0.4 is 10.1 Å². The molecule has 1 heterocycles. The molecule has 1 aromatic heterocycles. The number of aryl methyl sites for hydroxylation is 1. The Morgan fingerprint density at radius 2 is 2.17 bits per heavy atom. The molecular formula is C14H16BrNO2. The fourth-order valence-corrected chi connectivity index (χ4v) is 2.05. The Bertz CT molecular complexity index is 522. The van der Waals surface area contributed by atoms with E-state index in [0.717, 1.165) is 33.7 Å². The molecule has 0 atom stereocenters. The van der Waals surface area contributed by atoms with Crippen LogP contribution in [0.3, 0.4) is 0 Å². The van der Waals surface area contributed by atoms with Crippen LogP contribution in [-0.4, -0.2) is 7.05 Å². The van der Waals surface area contributed by atoms with Gasteiger partial charge in [0, 0.05) is 16.6 Å². The number of benzene rings is 1. The van der Waals surface area contributed by atoms with Gasteiger partial charge < -0.3 is 14.5 Å². The van der Waals surface area contributed by atoms with Crippen molar-refractivity contribution in [2.45, 2.75) is 20.1 Å². The number of halogens is 1. The standard InChI is InChI=1S/C14H16BrNO2/c1-10-3-4-12(15)7-13(10)18-9-14-11(8-16-2)5-6-17-14/h3-7,16H,8-9H2,1-2H3. The molecule has 18 heavy (non-hydrogen) atoms. The summed E-state index contributed by atoms with van der Waals surface area (Å²) in [6.07, 6.45) is 1.69. The largest absolute Gasteiger partial charge is 0.485 e. The summed E-state index contributed by atoms with van der Waals surface area (Å²) in [5.74, 6) is 1.74. The Morgan fingerprint density at radius 3 is 2.94 bits per heavy atom. The van der Waals surface area contributed by atoms with Gasteiger partial charge in [-0.3, -0.25) is 0 Å².